The third-order valence-electron chi connectivity index (χ3n) is 5.48. The van der Waals surface area contributed by atoms with Gasteiger partial charge < -0.3 is 10.8 Å². The number of hydrogen-bond donors (Lipinski definition) is 2. The van der Waals surface area contributed by atoms with E-state index >= 15 is 0 Å². The third kappa shape index (κ3) is 2.62. The van der Waals surface area contributed by atoms with Crippen LogP contribution in [0.1, 0.15) is 38.4 Å². The maximum Gasteiger partial charge on any atom is 0.0858 e. The number of aliphatic hydroxyl groups excluding tert-OH is 1. The highest BCUT2D eigenvalue weighted by molar-refractivity contribution is 6.07. The van der Waals surface area contributed by atoms with E-state index in [1.807, 2.05) is 6.07 Å². The topological polar surface area (TPSA) is 46.2 Å². The van der Waals surface area contributed by atoms with Gasteiger partial charge in [0.05, 0.1) is 6.10 Å². The van der Waals surface area contributed by atoms with Crippen molar-refractivity contribution in [2.45, 2.75) is 32.8 Å². The molecule has 0 radical (unpaired) electrons. The molecular formula is C21H25NO. The smallest absolute Gasteiger partial charge is 0.0858 e. The molecule has 3 aromatic carbocycles. The number of rotatable bonds is 5. The van der Waals surface area contributed by atoms with Crippen LogP contribution in [0, 0.1) is 5.41 Å². The van der Waals surface area contributed by atoms with Gasteiger partial charge in [0.2, 0.25) is 0 Å². The van der Waals surface area contributed by atoms with Crippen LogP contribution in [0.15, 0.2) is 54.6 Å². The second-order valence-corrected chi connectivity index (χ2v) is 6.44. The molecule has 0 aliphatic heterocycles. The largest absolute Gasteiger partial charge is 0.388 e. The van der Waals surface area contributed by atoms with Crippen LogP contribution in [0.4, 0.5) is 0 Å². The van der Waals surface area contributed by atoms with Crippen LogP contribution in [-0.2, 0) is 0 Å². The van der Waals surface area contributed by atoms with E-state index in [1.165, 1.54) is 21.5 Å². The van der Waals surface area contributed by atoms with Gasteiger partial charge in [-0.15, -0.1) is 0 Å². The van der Waals surface area contributed by atoms with Crippen molar-refractivity contribution in [3.8, 4) is 0 Å². The summed E-state index contributed by atoms with van der Waals surface area (Å²) in [6.45, 7) is 4.71. The van der Waals surface area contributed by atoms with Crippen LogP contribution in [-0.4, -0.2) is 11.7 Å². The molecule has 0 aromatic heterocycles. The summed E-state index contributed by atoms with van der Waals surface area (Å²) in [7, 11) is 0. The van der Waals surface area contributed by atoms with Crippen molar-refractivity contribution in [2.24, 2.45) is 11.1 Å². The molecule has 120 valence electrons. The average molecular weight is 307 g/mol. The molecule has 0 aliphatic rings. The van der Waals surface area contributed by atoms with E-state index in [0.29, 0.717) is 6.54 Å². The van der Waals surface area contributed by atoms with E-state index in [0.717, 1.165) is 18.4 Å². The van der Waals surface area contributed by atoms with Crippen LogP contribution in [0.3, 0.4) is 0 Å². The van der Waals surface area contributed by atoms with E-state index in [2.05, 4.69) is 62.4 Å². The highest BCUT2D eigenvalue weighted by Crippen LogP contribution is 2.40. The van der Waals surface area contributed by atoms with Gasteiger partial charge >= 0.3 is 0 Å². The minimum Gasteiger partial charge on any atom is -0.388 e. The molecular weight excluding hydrogens is 282 g/mol. The summed E-state index contributed by atoms with van der Waals surface area (Å²) in [5.41, 5.74) is 6.72. The zero-order chi connectivity index (χ0) is 16.4. The number of aliphatic hydroxyl groups is 1. The first kappa shape index (κ1) is 16.0. The third-order valence-corrected chi connectivity index (χ3v) is 5.48. The fraction of sp³-hybridized carbons (Fsp3) is 0.333. The fourth-order valence-corrected chi connectivity index (χ4v) is 3.58. The molecule has 1 atom stereocenters. The molecule has 0 bridgehead atoms. The Balaban J connectivity index is 2.17. The van der Waals surface area contributed by atoms with Gasteiger partial charge in [0.25, 0.3) is 0 Å². The predicted octanol–water partition coefficient (Wildman–Crippen LogP) is 4.79. The van der Waals surface area contributed by atoms with E-state index < -0.39 is 6.10 Å². The lowest BCUT2D eigenvalue weighted by Crippen LogP contribution is -2.35. The van der Waals surface area contributed by atoms with Crippen LogP contribution >= 0.6 is 0 Å². The molecule has 3 rings (SSSR count). The van der Waals surface area contributed by atoms with Gasteiger partial charge in [0, 0.05) is 12.0 Å². The van der Waals surface area contributed by atoms with Gasteiger partial charge in [-0.25, -0.2) is 0 Å². The molecule has 0 fully saturated rings. The average Bonchev–Trinajstić information content (AvgIpc) is 2.63. The standard InChI is InChI=1S/C21H25NO/c1-3-21(4-2,14-22)20(23)17-12-11-16-10-9-15-7-5-6-8-18(15)19(16)13-17/h5-13,20,23H,3-4,14,22H2,1-2H3. The van der Waals surface area contributed by atoms with Crippen LogP contribution < -0.4 is 5.73 Å². The summed E-state index contributed by atoms with van der Waals surface area (Å²) < 4.78 is 0. The lowest BCUT2D eigenvalue weighted by Gasteiger charge is -2.35. The molecule has 2 heteroatoms. The normalized spacial score (nSPS) is 13.6. The molecule has 1 unspecified atom stereocenters. The Hall–Kier alpha value is -1.90. The lowest BCUT2D eigenvalue weighted by molar-refractivity contribution is 0.0223. The molecule has 0 saturated carbocycles. The molecule has 3 N–H and O–H groups in total. The SMILES string of the molecule is CCC(CC)(CN)C(O)c1ccc2ccc3ccccc3c2c1. The Labute approximate surface area is 137 Å². The van der Waals surface area contributed by atoms with Gasteiger partial charge in [-0.2, -0.15) is 0 Å². The van der Waals surface area contributed by atoms with E-state index in [9.17, 15) is 5.11 Å². The van der Waals surface area contributed by atoms with Crippen molar-refractivity contribution < 1.29 is 5.11 Å². The molecule has 2 nitrogen and oxygen atoms in total. The molecule has 0 saturated heterocycles. The van der Waals surface area contributed by atoms with Crippen molar-refractivity contribution in [3.63, 3.8) is 0 Å². The highest BCUT2D eigenvalue weighted by atomic mass is 16.3. The molecule has 0 amide bonds. The number of benzene rings is 3. The van der Waals surface area contributed by atoms with Crippen LogP contribution in [0.25, 0.3) is 21.5 Å². The van der Waals surface area contributed by atoms with Crippen molar-refractivity contribution in [1.29, 1.82) is 0 Å². The van der Waals surface area contributed by atoms with E-state index in [4.69, 9.17) is 5.73 Å². The van der Waals surface area contributed by atoms with Crippen molar-refractivity contribution in [2.75, 3.05) is 6.54 Å². The zero-order valence-corrected chi connectivity index (χ0v) is 13.9. The summed E-state index contributed by atoms with van der Waals surface area (Å²) >= 11 is 0. The maximum absolute atomic E-state index is 11.0. The van der Waals surface area contributed by atoms with Gasteiger partial charge in [0.15, 0.2) is 0 Å². The van der Waals surface area contributed by atoms with Crippen molar-refractivity contribution in [1.82, 2.24) is 0 Å². The summed E-state index contributed by atoms with van der Waals surface area (Å²) in [6.07, 6.45) is 1.20. The monoisotopic (exact) mass is 307 g/mol. The quantitative estimate of drug-likeness (QED) is 0.666. The van der Waals surface area contributed by atoms with Gasteiger partial charge in [-0.05, 0) is 46.0 Å². The minimum absolute atomic E-state index is 0.252. The fourth-order valence-electron chi connectivity index (χ4n) is 3.58. The predicted molar refractivity (Wildman–Crippen MR) is 98.5 cm³/mol. The first-order chi connectivity index (χ1) is 11.1. The van der Waals surface area contributed by atoms with E-state index in [-0.39, 0.29) is 5.41 Å². The zero-order valence-electron chi connectivity index (χ0n) is 13.9. The second-order valence-electron chi connectivity index (χ2n) is 6.44. The van der Waals surface area contributed by atoms with Gasteiger partial charge in [-0.1, -0.05) is 62.4 Å². The molecule has 3 aromatic rings. The molecule has 23 heavy (non-hydrogen) atoms. The minimum atomic E-state index is -0.536. The Kier molecular flexibility index (Phi) is 4.38. The van der Waals surface area contributed by atoms with Crippen LogP contribution in [0.2, 0.25) is 0 Å². The first-order valence-electron chi connectivity index (χ1n) is 8.44. The summed E-state index contributed by atoms with van der Waals surface area (Å²) in [6, 6.07) is 19.0. The van der Waals surface area contributed by atoms with E-state index in [1.54, 1.807) is 0 Å². The molecule has 0 aliphatic carbocycles. The number of nitrogens with two attached hydrogens (primary N) is 1. The lowest BCUT2D eigenvalue weighted by atomic mass is 9.74. The number of fused-ring (bicyclic) bond motifs is 3. The first-order valence-corrected chi connectivity index (χ1v) is 8.44. The Bertz CT molecular complexity index is 812. The Morgan fingerprint density at radius 1 is 0.913 bits per heavy atom. The van der Waals surface area contributed by atoms with Gasteiger partial charge in [-0.3, -0.25) is 0 Å². The second kappa shape index (κ2) is 6.31. The summed E-state index contributed by atoms with van der Waals surface area (Å²) in [5, 5.41) is 15.8. The van der Waals surface area contributed by atoms with Crippen LogP contribution in [0.5, 0.6) is 0 Å². The molecule has 0 spiro atoms. The van der Waals surface area contributed by atoms with Crippen molar-refractivity contribution >= 4 is 21.5 Å². The number of hydrogen-bond acceptors (Lipinski definition) is 2. The maximum atomic E-state index is 11.0. The summed E-state index contributed by atoms with van der Waals surface area (Å²) in [4.78, 5) is 0. The summed E-state index contributed by atoms with van der Waals surface area (Å²) in [5.74, 6) is 0. The Morgan fingerprint density at radius 3 is 2.17 bits per heavy atom. The molecule has 0 heterocycles. The van der Waals surface area contributed by atoms with Gasteiger partial charge in [0.1, 0.15) is 0 Å². The Morgan fingerprint density at radius 2 is 1.52 bits per heavy atom. The highest BCUT2D eigenvalue weighted by Gasteiger charge is 2.34. The van der Waals surface area contributed by atoms with Crippen molar-refractivity contribution in [3.05, 3.63) is 60.2 Å².